The van der Waals surface area contributed by atoms with Gasteiger partial charge in [0.05, 0.1) is 17.1 Å². The Kier molecular flexibility index (Phi) is 10.5. The van der Waals surface area contributed by atoms with Gasteiger partial charge in [0.15, 0.2) is 0 Å². The fraction of sp³-hybridized carbons (Fsp3) is 0.250. The van der Waals surface area contributed by atoms with Crippen LogP contribution in [-0.2, 0) is 27.2 Å². The molecule has 1 atom stereocenters. The number of nitrogens with zero attached hydrogens (tertiary/aromatic N) is 1. The van der Waals surface area contributed by atoms with Crippen molar-refractivity contribution in [2.75, 3.05) is 0 Å². The maximum atomic E-state index is 9.34. The number of carbonyl (C=O) groups excluding carboxylic acids is 1. The van der Waals surface area contributed by atoms with Crippen molar-refractivity contribution in [2.24, 2.45) is 0 Å². The van der Waals surface area contributed by atoms with Crippen LogP contribution in [0.5, 0.6) is 0 Å². The molecule has 1 heterocycles. The van der Waals surface area contributed by atoms with E-state index in [1.54, 1.807) is 24.5 Å². The second kappa shape index (κ2) is 9.18. The molecule has 1 rings (SSSR count). The minimum absolute atomic E-state index is 0. The van der Waals surface area contributed by atoms with Gasteiger partial charge in [0, 0.05) is 12.4 Å². The topological polar surface area (TPSA) is 73.2 Å². The summed E-state index contributed by atoms with van der Waals surface area (Å²) >= 11 is 5.48. The Labute approximate surface area is 102 Å². The first-order chi connectivity index (χ1) is 6.04. The summed E-state index contributed by atoms with van der Waals surface area (Å²) in [6.45, 7) is 1.13. The van der Waals surface area contributed by atoms with Crippen LogP contribution in [0, 0.1) is 0 Å². The molecule has 82 valence electrons. The zero-order valence-electron chi connectivity index (χ0n) is 7.28. The molecule has 0 aliphatic rings. The number of aliphatic hydroxyl groups excluding tert-OH is 1. The van der Waals surface area contributed by atoms with Crippen molar-refractivity contribution >= 4 is 17.6 Å². The number of hydrogen-bond acceptors (Lipinski definition) is 4. The molecule has 1 N–H and O–H groups in total. The standard InChI is InChI=1S/C5H4ClN.C3H6O3.Ag/c6-5-2-1-3-7-4-5;1-2(4)3(5)6;/h1-4H;2,4H,1H3,(H,5,6);/q;;+1/p-1. The van der Waals surface area contributed by atoms with E-state index in [-0.39, 0.29) is 22.4 Å². The molecule has 0 aliphatic heterocycles. The van der Waals surface area contributed by atoms with Crippen LogP contribution < -0.4 is 5.11 Å². The number of rotatable bonds is 1. The Bertz CT molecular complexity index is 256. The Morgan fingerprint density at radius 3 is 2.36 bits per heavy atom. The third kappa shape index (κ3) is 9.70. The predicted molar refractivity (Wildman–Crippen MR) is 45.9 cm³/mol. The van der Waals surface area contributed by atoms with Crippen LogP contribution in [-0.4, -0.2) is 22.2 Å². The van der Waals surface area contributed by atoms with E-state index in [9.17, 15) is 9.90 Å². The number of carboxylic acid groups (broad SMARTS) is 1. The SMILES string of the molecule is CC(O)C(=O)[O-].Clc1cccnc1.[Ag+]. The average molecular weight is 310 g/mol. The third-order valence-corrected chi connectivity index (χ3v) is 1.19. The van der Waals surface area contributed by atoms with Gasteiger partial charge in [0.1, 0.15) is 0 Å². The molecule has 1 unspecified atom stereocenters. The molecule has 0 saturated heterocycles. The van der Waals surface area contributed by atoms with Crippen LogP contribution in [0.4, 0.5) is 0 Å². The summed E-state index contributed by atoms with van der Waals surface area (Å²) in [7, 11) is 0. The molecule has 0 radical (unpaired) electrons. The molecule has 1 aromatic heterocycles. The van der Waals surface area contributed by atoms with E-state index in [0.29, 0.717) is 5.02 Å². The summed E-state index contributed by atoms with van der Waals surface area (Å²) < 4.78 is 0. The smallest absolute Gasteiger partial charge is 0.547 e. The minimum Gasteiger partial charge on any atom is -0.547 e. The number of halogens is 1. The molecule has 4 nitrogen and oxygen atoms in total. The summed E-state index contributed by atoms with van der Waals surface area (Å²) in [5, 5.41) is 18.0. The minimum atomic E-state index is -1.44. The quantitative estimate of drug-likeness (QED) is 0.732. The van der Waals surface area contributed by atoms with E-state index in [1.807, 2.05) is 0 Å². The normalized spacial score (nSPS) is 10.2. The summed E-state index contributed by atoms with van der Waals surface area (Å²) in [5.74, 6) is -1.44. The van der Waals surface area contributed by atoms with Crippen molar-refractivity contribution in [1.29, 1.82) is 0 Å². The molecule has 0 aliphatic carbocycles. The number of aromatic nitrogens is 1. The van der Waals surface area contributed by atoms with Crippen molar-refractivity contribution in [3.8, 4) is 0 Å². The van der Waals surface area contributed by atoms with Gasteiger partial charge in [-0.05, 0) is 19.1 Å². The third-order valence-electron chi connectivity index (χ3n) is 0.967. The molecule has 0 bridgehead atoms. The summed E-state index contributed by atoms with van der Waals surface area (Å²) in [6, 6.07) is 3.58. The zero-order chi connectivity index (χ0) is 10.3. The van der Waals surface area contributed by atoms with E-state index in [4.69, 9.17) is 16.7 Å². The van der Waals surface area contributed by atoms with E-state index in [2.05, 4.69) is 4.98 Å². The monoisotopic (exact) mass is 309 g/mol. The van der Waals surface area contributed by atoms with Crippen molar-refractivity contribution in [2.45, 2.75) is 13.0 Å². The van der Waals surface area contributed by atoms with Crippen LogP contribution in [0.2, 0.25) is 5.02 Å². The summed E-state index contributed by atoms with van der Waals surface area (Å²) in [4.78, 5) is 13.1. The molecule has 0 saturated carbocycles. The average Bonchev–Trinajstić information content (AvgIpc) is 2.06. The maximum Gasteiger partial charge on any atom is 1.00 e. The van der Waals surface area contributed by atoms with E-state index >= 15 is 0 Å². The van der Waals surface area contributed by atoms with Gasteiger partial charge >= 0.3 is 22.4 Å². The largest absolute Gasteiger partial charge is 1.00 e. The second-order valence-corrected chi connectivity index (χ2v) is 2.60. The predicted octanol–water partition coefficient (Wildman–Crippen LogP) is -0.150. The molecule has 0 fully saturated rings. The van der Waals surface area contributed by atoms with Crippen molar-refractivity contribution in [3.63, 3.8) is 0 Å². The number of hydrogen-bond donors (Lipinski definition) is 1. The van der Waals surface area contributed by atoms with E-state index in [0.717, 1.165) is 6.92 Å². The van der Waals surface area contributed by atoms with Crippen LogP contribution in [0.15, 0.2) is 24.5 Å². The van der Waals surface area contributed by atoms with Gasteiger partial charge in [-0.25, -0.2) is 0 Å². The maximum absolute atomic E-state index is 9.34. The number of aliphatic carboxylic acids is 1. The molecule has 0 amide bonds. The van der Waals surface area contributed by atoms with Gasteiger partial charge in [-0.3, -0.25) is 4.98 Å². The number of pyridine rings is 1. The molecular weight excluding hydrogens is 301 g/mol. The van der Waals surface area contributed by atoms with Gasteiger partial charge in [-0.15, -0.1) is 0 Å². The molecule has 14 heavy (non-hydrogen) atoms. The van der Waals surface area contributed by atoms with Crippen molar-refractivity contribution in [1.82, 2.24) is 4.98 Å². The first-order valence-corrected chi connectivity index (χ1v) is 3.86. The first kappa shape index (κ1) is 16.1. The van der Waals surface area contributed by atoms with Crippen LogP contribution in [0.3, 0.4) is 0 Å². The van der Waals surface area contributed by atoms with Gasteiger partial charge in [-0.1, -0.05) is 11.6 Å². The Hall–Kier alpha value is -0.390. The van der Waals surface area contributed by atoms with E-state index < -0.39 is 12.1 Å². The Morgan fingerprint density at radius 2 is 2.21 bits per heavy atom. The molecular formula is C8H9AgClNO3. The Balaban J connectivity index is 0. The molecule has 1 aromatic rings. The number of carboxylic acids is 1. The number of aliphatic hydroxyl groups is 1. The van der Waals surface area contributed by atoms with Crippen LogP contribution in [0.25, 0.3) is 0 Å². The van der Waals surface area contributed by atoms with Crippen molar-refractivity contribution in [3.05, 3.63) is 29.5 Å². The van der Waals surface area contributed by atoms with Gasteiger partial charge in [-0.2, -0.15) is 0 Å². The fourth-order valence-electron chi connectivity index (χ4n) is 0.342. The molecule has 6 heteroatoms. The molecule has 0 aromatic carbocycles. The van der Waals surface area contributed by atoms with Crippen LogP contribution >= 0.6 is 11.6 Å². The molecule has 0 spiro atoms. The Morgan fingerprint density at radius 1 is 1.71 bits per heavy atom. The van der Waals surface area contributed by atoms with Gasteiger partial charge in [0.25, 0.3) is 0 Å². The first-order valence-electron chi connectivity index (χ1n) is 3.48. The van der Waals surface area contributed by atoms with E-state index in [1.165, 1.54) is 0 Å². The summed E-state index contributed by atoms with van der Waals surface area (Å²) in [5.41, 5.74) is 0. The summed E-state index contributed by atoms with van der Waals surface area (Å²) in [6.07, 6.45) is 1.94. The number of carbonyl (C=O) groups is 1. The van der Waals surface area contributed by atoms with Gasteiger partial charge < -0.3 is 15.0 Å². The van der Waals surface area contributed by atoms with Crippen LogP contribution in [0.1, 0.15) is 6.92 Å². The van der Waals surface area contributed by atoms with Crippen molar-refractivity contribution < 1.29 is 37.4 Å². The van der Waals surface area contributed by atoms with Gasteiger partial charge in [0.2, 0.25) is 0 Å². The fourth-order valence-corrected chi connectivity index (χ4v) is 0.471. The zero-order valence-corrected chi connectivity index (χ0v) is 9.52. The second-order valence-electron chi connectivity index (χ2n) is 2.17.